The Kier molecular flexibility index (Phi) is 3.46. The van der Waals surface area contributed by atoms with E-state index in [1.54, 1.807) is 0 Å². The minimum absolute atomic E-state index is 0.810. The predicted octanol–water partition coefficient (Wildman–Crippen LogP) is 4.62. The SMILES string of the molecule is [CH](Cc1ccccc1)Oc1cccc2ccccc12. The number of hydrogen-bond acceptors (Lipinski definition) is 1. The third-order valence-electron chi connectivity index (χ3n) is 3.12. The van der Waals surface area contributed by atoms with Crippen LogP contribution < -0.4 is 4.74 Å². The molecule has 3 aromatic rings. The highest BCUT2D eigenvalue weighted by atomic mass is 16.5. The molecule has 0 saturated carbocycles. The number of rotatable bonds is 4. The van der Waals surface area contributed by atoms with Crippen LogP contribution in [0.5, 0.6) is 5.75 Å². The average Bonchev–Trinajstić information content (AvgIpc) is 2.49. The zero-order chi connectivity index (χ0) is 12.9. The minimum Gasteiger partial charge on any atom is -0.486 e. The Morgan fingerprint density at radius 3 is 2.37 bits per heavy atom. The summed E-state index contributed by atoms with van der Waals surface area (Å²) in [6.45, 7) is 1.86. The predicted molar refractivity (Wildman–Crippen MR) is 79.0 cm³/mol. The van der Waals surface area contributed by atoms with Gasteiger partial charge in [-0.1, -0.05) is 66.7 Å². The highest BCUT2D eigenvalue weighted by molar-refractivity contribution is 5.88. The van der Waals surface area contributed by atoms with Gasteiger partial charge in [0.2, 0.25) is 0 Å². The van der Waals surface area contributed by atoms with E-state index in [2.05, 4.69) is 30.3 Å². The summed E-state index contributed by atoms with van der Waals surface area (Å²) in [5.41, 5.74) is 1.25. The number of hydrogen-bond donors (Lipinski definition) is 0. The summed E-state index contributed by atoms with van der Waals surface area (Å²) in [5, 5.41) is 2.35. The quantitative estimate of drug-likeness (QED) is 0.653. The lowest BCUT2D eigenvalue weighted by molar-refractivity contribution is 0.406. The lowest BCUT2D eigenvalue weighted by Gasteiger charge is -2.08. The van der Waals surface area contributed by atoms with Crippen molar-refractivity contribution in [3.05, 3.63) is 85.0 Å². The molecule has 1 radical (unpaired) electrons. The van der Waals surface area contributed by atoms with Crippen molar-refractivity contribution in [3.63, 3.8) is 0 Å². The van der Waals surface area contributed by atoms with Crippen molar-refractivity contribution >= 4 is 10.8 Å². The molecule has 3 aromatic carbocycles. The molecule has 0 atom stereocenters. The van der Waals surface area contributed by atoms with Crippen LogP contribution in [-0.2, 0) is 6.42 Å². The molecule has 19 heavy (non-hydrogen) atoms. The normalized spacial score (nSPS) is 10.5. The third-order valence-corrected chi connectivity index (χ3v) is 3.12. The molecule has 0 fully saturated rings. The summed E-state index contributed by atoms with van der Waals surface area (Å²) in [7, 11) is 0. The number of ether oxygens (including phenoxy) is 1. The van der Waals surface area contributed by atoms with Crippen molar-refractivity contribution in [2.24, 2.45) is 0 Å². The summed E-state index contributed by atoms with van der Waals surface area (Å²) in [6, 6.07) is 24.7. The van der Waals surface area contributed by atoms with Gasteiger partial charge in [-0.3, -0.25) is 0 Å². The summed E-state index contributed by atoms with van der Waals surface area (Å²) < 4.78 is 5.80. The molecule has 3 rings (SSSR count). The van der Waals surface area contributed by atoms with Crippen LogP contribution in [0.4, 0.5) is 0 Å². The molecule has 0 spiro atoms. The number of benzene rings is 3. The fourth-order valence-corrected chi connectivity index (χ4v) is 2.14. The smallest absolute Gasteiger partial charge is 0.140 e. The van der Waals surface area contributed by atoms with Crippen molar-refractivity contribution < 1.29 is 4.74 Å². The Hall–Kier alpha value is -2.28. The van der Waals surface area contributed by atoms with Gasteiger partial charge in [0.1, 0.15) is 12.4 Å². The van der Waals surface area contributed by atoms with E-state index in [9.17, 15) is 0 Å². The van der Waals surface area contributed by atoms with Crippen LogP contribution in [0.1, 0.15) is 5.56 Å². The maximum Gasteiger partial charge on any atom is 0.140 e. The highest BCUT2D eigenvalue weighted by Crippen LogP contribution is 2.25. The van der Waals surface area contributed by atoms with E-state index in [0.29, 0.717) is 0 Å². The van der Waals surface area contributed by atoms with Crippen LogP contribution in [0.15, 0.2) is 72.8 Å². The molecular formula is C18H15O. The standard InChI is InChI=1S/C18H15O/c1-2-7-15(8-3-1)13-14-19-18-12-6-10-16-9-4-5-11-17(16)18/h1-12,14H,13H2. The van der Waals surface area contributed by atoms with E-state index in [-0.39, 0.29) is 0 Å². The zero-order valence-corrected chi connectivity index (χ0v) is 10.6. The first-order valence-electron chi connectivity index (χ1n) is 6.43. The fraction of sp³-hybridized carbons (Fsp3) is 0.0556. The topological polar surface area (TPSA) is 9.23 Å². The maximum absolute atomic E-state index is 5.80. The number of fused-ring (bicyclic) bond motifs is 1. The lowest BCUT2D eigenvalue weighted by atomic mass is 10.1. The first kappa shape index (κ1) is 11.8. The van der Waals surface area contributed by atoms with Crippen molar-refractivity contribution in [1.82, 2.24) is 0 Å². The Labute approximate surface area is 113 Å². The van der Waals surface area contributed by atoms with E-state index < -0.39 is 0 Å². The lowest BCUT2D eigenvalue weighted by Crippen LogP contribution is -1.95. The first-order chi connectivity index (χ1) is 9.43. The van der Waals surface area contributed by atoms with Crippen molar-refractivity contribution in [3.8, 4) is 5.75 Å². The molecule has 0 N–H and O–H groups in total. The van der Waals surface area contributed by atoms with Crippen LogP contribution in [-0.4, -0.2) is 0 Å². The van der Waals surface area contributed by atoms with Gasteiger partial charge in [-0.25, -0.2) is 0 Å². The zero-order valence-electron chi connectivity index (χ0n) is 10.6. The molecule has 0 amide bonds. The summed E-state index contributed by atoms with van der Waals surface area (Å²) in [4.78, 5) is 0. The first-order valence-corrected chi connectivity index (χ1v) is 6.43. The van der Waals surface area contributed by atoms with Crippen LogP contribution in [0.25, 0.3) is 10.8 Å². The van der Waals surface area contributed by atoms with Gasteiger partial charge in [0.25, 0.3) is 0 Å². The van der Waals surface area contributed by atoms with Crippen molar-refractivity contribution in [1.29, 1.82) is 0 Å². The van der Waals surface area contributed by atoms with E-state index in [0.717, 1.165) is 17.6 Å². The second-order valence-electron chi connectivity index (χ2n) is 4.45. The van der Waals surface area contributed by atoms with Crippen molar-refractivity contribution in [2.75, 3.05) is 0 Å². The molecule has 0 aliphatic carbocycles. The molecule has 93 valence electrons. The molecule has 1 nitrogen and oxygen atoms in total. The maximum atomic E-state index is 5.80. The molecule has 0 saturated heterocycles. The van der Waals surface area contributed by atoms with Gasteiger partial charge in [0.15, 0.2) is 0 Å². The van der Waals surface area contributed by atoms with Gasteiger partial charge < -0.3 is 4.74 Å². The second-order valence-corrected chi connectivity index (χ2v) is 4.45. The van der Waals surface area contributed by atoms with Gasteiger partial charge in [0.05, 0.1) is 0 Å². The summed E-state index contributed by atoms with van der Waals surface area (Å²) in [6.07, 6.45) is 0.810. The summed E-state index contributed by atoms with van der Waals surface area (Å²) >= 11 is 0. The van der Waals surface area contributed by atoms with Crippen molar-refractivity contribution in [2.45, 2.75) is 6.42 Å². The molecule has 1 heteroatoms. The Morgan fingerprint density at radius 1 is 0.737 bits per heavy atom. The van der Waals surface area contributed by atoms with E-state index in [1.807, 2.05) is 49.1 Å². The van der Waals surface area contributed by atoms with E-state index in [4.69, 9.17) is 4.74 Å². The van der Waals surface area contributed by atoms with Crippen LogP contribution in [0.2, 0.25) is 0 Å². The van der Waals surface area contributed by atoms with Gasteiger partial charge >= 0.3 is 0 Å². The van der Waals surface area contributed by atoms with Gasteiger partial charge in [-0.2, -0.15) is 0 Å². The fourth-order valence-electron chi connectivity index (χ4n) is 2.14. The Morgan fingerprint density at radius 2 is 1.47 bits per heavy atom. The second kappa shape index (κ2) is 5.57. The molecule has 0 heterocycles. The molecule has 0 unspecified atom stereocenters. The largest absolute Gasteiger partial charge is 0.486 e. The summed E-state index contributed by atoms with van der Waals surface area (Å²) in [5.74, 6) is 0.911. The Bertz CT molecular complexity index is 653. The van der Waals surface area contributed by atoms with E-state index in [1.165, 1.54) is 10.9 Å². The molecule has 0 aromatic heterocycles. The third kappa shape index (κ3) is 2.76. The average molecular weight is 247 g/mol. The minimum atomic E-state index is 0.810. The van der Waals surface area contributed by atoms with Gasteiger partial charge in [-0.15, -0.1) is 0 Å². The molecular weight excluding hydrogens is 232 g/mol. The van der Waals surface area contributed by atoms with Gasteiger partial charge in [-0.05, 0) is 17.0 Å². The van der Waals surface area contributed by atoms with Crippen LogP contribution in [0, 0.1) is 6.61 Å². The Balaban J connectivity index is 1.72. The van der Waals surface area contributed by atoms with Crippen LogP contribution in [0.3, 0.4) is 0 Å². The molecule has 0 aliphatic rings. The monoisotopic (exact) mass is 247 g/mol. The van der Waals surface area contributed by atoms with Crippen LogP contribution >= 0.6 is 0 Å². The van der Waals surface area contributed by atoms with Gasteiger partial charge in [0, 0.05) is 11.8 Å². The van der Waals surface area contributed by atoms with E-state index >= 15 is 0 Å². The molecule has 0 aliphatic heterocycles. The highest BCUT2D eigenvalue weighted by Gasteiger charge is 2.01. The molecule has 0 bridgehead atoms.